The monoisotopic (exact) mass is 596 g/mol. The van der Waals surface area contributed by atoms with Crippen LogP contribution in [0.5, 0.6) is 0 Å². The maximum atomic E-state index is 13.0. The van der Waals surface area contributed by atoms with Crippen LogP contribution in [0.15, 0.2) is 103 Å². The van der Waals surface area contributed by atoms with E-state index in [-0.39, 0.29) is 12.3 Å². The molecule has 0 saturated heterocycles. The summed E-state index contributed by atoms with van der Waals surface area (Å²) in [5.41, 5.74) is 16.7. The number of amidine groups is 1. The number of benzene rings is 4. The van der Waals surface area contributed by atoms with Crippen LogP contribution in [0.1, 0.15) is 21.5 Å². The van der Waals surface area contributed by atoms with Crippen LogP contribution in [0.25, 0.3) is 28.2 Å². The largest absolute Gasteiger partial charge is 0.384 e. The van der Waals surface area contributed by atoms with Crippen molar-refractivity contribution in [3.05, 3.63) is 130 Å². The Morgan fingerprint density at radius 3 is 2.21 bits per heavy atom. The van der Waals surface area contributed by atoms with Crippen LogP contribution in [-0.4, -0.2) is 33.5 Å². The Kier molecular flexibility index (Phi) is 8.38. The summed E-state index contributed by atoms with van der Waals surface area (Å²) in [6, 6.07) is 29.8. The average molecular weight is 598 g/mol. The van der Waals surface area contributed by atoms with Crippen LogP contribution < -0.4 is 16.8 Å². The van der Waals surface area contributed by atoms with E-state index in [1.165, 1.54) is 0 Å². The summed E-state index contributed by atoms with van der Waals surface area (Å²) in [5, 5.41) is 16.2. The third-order valence-corrected chi connectivity index (χ3v) is 7.44. The van der Waals surface area contributed by atoms with Crippen LogP contribution in [-0.2, 0) is 11.2 Å². The molecule has 5 rings (SSSR count). The fraction of sp³-hybridized carbons (Fsp3) is 0.0625. The molecule has 5 aromatic rings. The van der Waals surface area contributed by atoms with Gasteiger partial charge in [0.15, 0.2) is 0 Å². The molecule has 1 aromatic heterocycles. The number of nitrogen functional groups attached to an aromatic ring is 1. The molecule has 1 atom stereocenters. The van der Waals surface area contributed by atoms with E-state index in [4.69, 9.17) is 45.2 Å². The standard InChI is InChI=1S/C32H26Cl2N6O2/c33-25-14-13-24(17-26(25)34)40-29(18-27(39-40)22-7-4-8-23(16-22)30(35)36)20-9-11-21(12-10-20)32(42)38-28(31(37)41)15-19-5-2-1-3-6-19/h1-14,16-18,28H,15H2,(H3,35,36)(H2,37,41)(H,38,42)/t28-/m0/s1. The molecular weight excluding hydrogens is 571 g/mol. The number of rotatable bonds is 9. The zero-order chi connectivity index (χ0) is 29.8. The van der Waals surface area contributed by atoms with Crippen LogP contribution in [0, 0.1) is 5.41 Å². The second-order valence-electron chi connectivity index (χ2n) is 9.62. The Morgan fingerprint density at radius 1 is 0.810 bits per heavy atom. The molecule has 2 amide bonds. The lowest BCUT2D eigenvalue weighted by Crippen LogP contribution is -2.45. The molecule has 210 valence electrons. The lowest BCUT2D eigenvalue weighted by molar-refractivity contribution is -0.119. The van der Waals surface area contributed by atoms with Crippen molar-refractivity contribution >= 4 is 40.9 Å². The number of amides is 2. The van der Waals surface area contributed by atoms with Gasteiger partial charge in [-0.2, -0.15) is 5.10 Å². The Bertz CT molecular complexity index is 1790. The Labute approximate surface area is 252 Å². The summed E-state index contributed by atoms with van der Waals surface area (Å²) in [6.45, 7) is 0. The molecule has 6 N–H and O–H groups in total. The molecule has 8 nitrogen and oxygen atoms in total. The Balaban J connectivity index is 1.47. The molecular formula is C32H26Cl2N6O2. The first-order valence-corrected chi connectivity index (χ1v) is 13.7. The van der Waals surface area contributed by atoms with Crippen LogP contribution >= 0.6 is 23.2 Å². The topological polar surface area (TPSA) is 140 Å². The molecule has 1 heterocycles. The van der Waals surface area contributed by atoms with E-state index in [1.807, 2.05) is 48.5 Å². The minimum atomic E-state index is -0.857. The van der Waals surface area contributed by atoms with E-state index in [0.717, 1.165) is 22.4 Å². The average Bonchev–Trinajstić information content (AvgIpc) is 3.44. The molecule has 0 saturated carbocycles. The van der Waals surface area contributed by atoms with Gasteiger partial charge in [0.2, 0.25) is 5.91 Å². The van der Waals surface area contributed by atoms with Crippen molar-refractivity contribution in [1.29, 1.82) is 5.41 Å². The SMILES string of the molecule is N=C(N)c1cccc(-c2cc(-c3ccc(C(=O)N[C@@H](Cc4ccccc4)C(N)=O)cc3)n(-c3ccc(Cl)c(Cl)c3)n2)c1. The summed E-state index contributed by atoms with van der Waals surface area (Å²) in [6.07, 6.45) is 0.288. The van der Waals surface area contributed by atoms with Crippen molar-refractivity contribution < 1.29 is 9.59 Å². The second kappa shape index (κ2) is 12.3. The first-order chi connectivity index (χ1) is 20.2. The maximum Gasteiger partial charge on any atom is 0.251 e. The van der Waals surface area contributed by atoms with Gasteiger partial charge in [0.05, 0.1) is 27.1 Å². The van der Waals surface area contributed by atoms with Gasteiger partial charge in [-0.05, 0) is 48.0 Å². The number of halogens is 2. The first-order valence-electron chi connectivity index (χ1n) is 12.9. The number of hydrogen-bond donors (Lipinski definition) is 4. The van der Waals surface area contributed by atoms with Gasteiger partial charge in [-0.15, -0.1) is 0 Å². The Morgan fingerprint density at radius 2 is 1.55 bits per heavy atom. The molecule has 0 fully saturated rings. The van der Waals surface area contributed by atoms with Crippen molar-refractivity contribution in [3.63, 3.8) is 0 Å². The van der Waals surface area contributed by atoms with Crippen molar-refractivity contribution in [3.8, 4) is 28.2 Å². The summed E-state index contributed by atoms with van der Waals surface area (Å²) >= 11 is 12.5. The van der Waals surface area contributed by atoms with E-state index < -0.39 is 17.9 Å². The number of aromatic nitrogens is 2. The van der Waals surface area contributed by atoms with Crippen LogP contribution in [0.2, 0.25) is 10.0 Å². The molecule has 0 spiro atoms. The molecule has 4 aromatic carbocycles. The number of nitrogens with two attached hydrogens (primary N) is 2. The van der Waals surface area contributed by atoms with Gasteiger partial charge >= 0.3 is 0 Å². The number of primary amides is 1. The molecule has 0 radical (unpaired) electrons. The summed E-state index contributed by atoms with van der Waals surface area (Å²) in [5.74, 6) is -1.08. The molecule has 0 unspecified atom stereocenters. The predicted octanol–water partition coefficient (Wildman–Crippen LogP) is 5.62. The number of carbonyl (C=O) groups is 2. The number of nitrogens with one attached hydrogen (secondary N) is 2. The van der Waals surface area contributed by atoms with Gasteiger partial charge in [0.1, 0.15) is 11.9 Å². The van der Waals surface area contributed by atoms with Gasteiger partial charge in [-0.3, -0.25) is 15.0 Å². The second-order valence-corrected chi connectivity index (χ2v) is 10.4. The minimum Gasteiger partial charge on any atom is -0.384 e. The third-order valence-electron chi connectivity index (χ3n) is 6.70. The third kappa shape index (κ3) is 6.35. The fourth-order valence-electron chi connectivity index (χ4n) is 4.49. The fourth-order valence-corrected chi connectivity index (χ4v) is 4.79. The highest BCUT2D eigenvalue weighted by Crippen LogP contribution is 2.32. The number of hydrogen-bond acceptors (Lipinski definition) is 4. The maximum absolute atomic E-state index is 13.0. The molecule has 10 heteroatoms. The van der Waals surface area contributed by atoms with Crippen LogP contribution in [0.3, 0.4) is 0 Å². The molecule has 0 aliphatic heterocycles. The van der Waals surface area contributed by atoms with Crippen molar-refractivity contribution in [1.82, 2.24) is 15.1 Å². The zero-order valence-corrected chi connectivity index (χ0v) is 23.7. The highest BCUT2D eigenvalue weighted by Gasteiger charge is 2.20. The summed E-state index contributed by atoms with van der Waals surface area (Å²) < 4.78 is 1.73. The van der Waals surface area contributed by atoms with Gasteiger partial charge in [0.25, 0.3) is 5.91 Å². The van der Waals surface area contributed by atoms with Crippen molar-refractivity contribution in [2.45, 2.75) is 12.5 Å². The number of carbonyl (C=O) groups excluding carboxylic acids is 2. The lowest BCUT2D eigenvalue weighted by atomic mass is 10.0. The van der Waals surface area contributed by atoms with Gasteiger partial charge in [-0.1, -0.05) is 83.9 Å². The highest BCUT2D eigenvalue weighted by molar-refractivity contribution is 6.42. The van der Waals surface area contributed by atoms with Gasteiger partial charge in [0, 0.05) is 28.7 Å². The van der Waals surface area contributed by atoms with Gasteiger partial charge in [-0.25, -0.2) is 4.68 Å². The normalized spacial score (nSPS) is 11.6. The van der Waals surface area contributed by atoms with Crippen LogP contribution in [0.4, 0.5) is 0 Å². The molecule has 0 aliphatic rings. The lowest BCUT2D eigenvalue weighted by Gasteiger charge is -2.16. The predicted molar refractivity (Wildman–Crippen MR) is 166 cm³/mol. The first kappa shape index (κ1) is 28.6. The van der Waals surface area contributed by atoms with Crippen molar-refractivity contribution in [2.75, 3.05) is 0 Å². The summed E-state index contributed by atoms with van der Waals surface area (Å²) in [4.78, 5) is 25.1. The van der Waals surface area contributed by atoms with E-state index >= 15 is 0 Å². The van der Waals surface area contributed by atoms with E-state index in [1.54, 1.807) is 59.3 Å². The quantitative estimate of drug-likeness (QED) is 0.129. The van der Waals surface area contributed by atoms with E-state index in [2.05, 4.69) is 5.32 Å². The summed E-state index contributed by atoms with van der Waals surface area (Å²) in [7, 11) is 0. The Hall–Kier alpha value is -4.92. The molecule has 0 aliphatic carbocycles. The molecule has 0 bridgehead atoms. The van der Waals surface area contributed by atoms with Gasteiger partial charge < -0.3 is 16.8 Å². The van der Waals surface area contributed by atoms with E-state index in [9.17, 15) is 9.59 Å². The molecule has 42 heavy (non-hydrogen) atoms. The van der Waals surface area contributed by atoms with E-state index in [0.29, 0.717) is 32.6 Å². The highest BCUT2D eigenvalue weighted by atomic mass is 35.5. The zero-order valence-electron chi connectivity index (χ0n) is 22.2. The minimum absolute atomic E-state index is 0.0443. The number of nitrogens with zero attached hydrogens (tertiary/aromatic N) is 2. The smallest absolute Gasteiger partial charge is 0.251 e. The van der Waals surface area contributed by atoms with Crippen molar-refractivity contribution in [2.24, 2.45) is 11.5 Å².